The Morgan fingerprint density at radius 3 is 3.11 bits per heavy atom. The molecule has 0 aliphatic carbocycles. The number of fused-ring (bicyclic) bond motifs is 1. The Kier molecular flexibility index (Phi) is 3.16. The van der Waals surface area contributed by atoms with Crippen LogP contribution in [0.5, 0.6) is 0 Å². The molecule has 3 heterocycles. The molecule has 19 heavy (non-hydrogen) atoms. The molecule has 0 amide bonds. The fraction of sp³-hybridized carbons (Fsp3) is 0.273. The summed E-state index contributed by atoms with van der Waals surface area (Å²) in [5.74, 6) is 2.00. The molecule has 2 N–H and O–H groups in total. The second-order valence-electron chi connectivity index (χ2n) is 4.21. The number of hydrogen-bond acceptors (Lipinski definition) is 5. The smallest absolute Gasteiger partial charge is 0.221 e. The number of nitrogens with zero attached hydrogens (tertiary/aromatic N) is 5. The van der Waals surface area contributed by atoms with Crippen molar-refractivity contribution in [1.82, 2.24) is 29.8 Å². The summed E-state index contributed by atoms with van der Waals surface area (Å²) < 4.78 is 2.23. The molecule has 0 aliphatic heterocycles. The first-order chi connectivity index (χ1) is 9.24. The lowest BCUT2D eigenvalue weighted by atomic mass is 10.2. The number of anilines is 1. The SMILES string of the molecule is CC(CNc1ccc2nnc(Br)n2n1)c1ncc[nH]1. The van der Waals surface area contributed by atoms with Gasteiger partial charge in [-0.1, -0.05) is 6.92 Å². The van der Waals surface area contributed by atoms with Crippen LogP contribution in [0.15, 0.2) is 29.3 Å². The van der Waals surface area contributed by atoms with Crippen LogP contribution in [-0.4, -0.2) is 36.3 Å². The van der Waals surface area contributed by atoms with Crippen molar-refractivity contribution in [3.8, 4) is 0 Å². The summed E-state index contributed by atoms with van der Waals surface area (Å²) in [5, 5.41) is 15.5. The molecule has 7 nitrogen and oxygen atoms in total. The van der Waals surface area contributed by atoms with Crippen molar-refractivity contribution in [2.24, 2.45) is 0 Å². The van der Waals surface area contributed by atoms with E-state index < -0.39 is 0 Å². The van der Waals surface area contributed by atoms with E-state index in [1.165, 1.54) is 0 Å². The average Bonchev–Trinajstić information content (AvgIpc) is 3.07. The van der Waals surface area contributed by atoms with Gasteiger partial charge in [0.1, 0.15) is 11.6 Å². The molecule has 0 radical (unpaired) electrons. The zero-order chi connectivity index (χ0) is 13.2. The molecular formula is C11H12BrN7. The van der Waals surface area contributed by atoms with Crippen molar-refractivity contribution in [2.75, 3.05) is 11.9 Å². The van der Waals surface area contributed by atoms with Gasteiger partial charge in [0.25, 0.3) is 0 Å². The maximum Gasteiger partial charge on any atom is 0.221 e. The Balaban J connectivity index is 1.73. The van der Waals surface area contributed by atoms with Crippen molar-refractivity contribution in [2.45, 2.75) is 12.8 Å². The molecule has 3 aromatic rings. The quantitative estimate of drug-likeness (QED) is 0.765. The molecule has 0 spiro atoms. The van der Waals surface area contributed by atoms with Gasteiger partial charge in [0, 0.05) is 24.9 Å². The van der Waals surface area contributed by atoms with Crippen LogP contribution in [0, 0.1) is 0 Å². The van der Waals surface area contributed by atoms with E-state index in [4.69, 9.17) is 0 Å². The second-order valence-corrected chi connectivity index (χ2v) is 4.92. The van der Waals surface area contributed by atoms with Gasteiger partial charge in [0.15, 0.2) is 5.65 Å². The van der Waals surface area contributed by atoms with Crippen LogP contribution in [-0.2, 0) is 0 Å². The van der Waals surface area contributed by atoms with Crippen LogP contribution in [0.3, 0.4) is 0 Å². The second kappa shape index (κ2) is 4.96. The summed E-state index contributed by atoms with van der Waals surface area (Å²) >= 11 is 3.30. The van der Waals surface area contributed by atoms with Gasteiger partial charge >= 0.3 is 0 Å². The third-order valence-corrected chi connectivity index (χ3v) is 3.29. The van der Waals surface area contributed by atoms with E-state index in [-0.39, 0.29) is 5.92 Å². The molecule has 98 valence electrons. The molecule has 0 fully saturated rings. The number of aromatic amines is 1. The highest BCUT2D eigenvalue weighted by atomic mass is 79.9. The number of hydrogen-bond donors (Lipinski definition) is 2. The normalized spacial score (nSPS) is 12.7. The minimum Gasteiger partial charge on any atom is -0.368 e. The van der Waals surface area contributed by atoms with Crippen molar-refractivity contribution in [3.05, 3.63) is 35.1 Å². The molecule has 0 bridgehead atoms. The molecular weight excluding hydrogens is 310 g/mol. The lowest BCUT2D eigenvalue weighted by molar-refractivity contribution is 0.742. The first kappa shape index (κ1) is 12.1. The molecule has 0 aliphatic rings. The number of halogens is 1. The molecule has 3 aromatic heterocycles. The molecule has 0 aromatic carbocycles. The maximum atomic E-state index is 4.39. The number of aromatic nitrogens is 6. The van der Waals surface area contributed by atoms with Crippen molar-refractivity contribution in [3.63, 3.8) is 0 Å². The summed E-state index contributed by atoms with van der Waals surface area (Å²) in [6.07, 6.45) is 3.58. The Bertz CT molecular complexity index is 675. The summed E-state index contributed by atoms with van der Waals surface area (Å²) in [4.78, 5) is 7.34. The number of nitrogens with one attached hydrogen (secondary N) is 2. The molecule has 0 saturated carbocycles. The fourth-order valence-electron chi connectivity index (χ4n) is 1.76. The third-order valence-electron chi connectivity index (χ3n) is 2.80. The largest absolute Gasteiger partial charge is 0.368 e. The third kappa shape index (κ3) is 2.43. The van der Waals surface area contributed by atoms with Crippen LogP contribution in [0.25, 0.3) is 5.65 Å². The first-order valence-corrected chi connectivity index (χ1v) is 6.64. The number of H-pyrrole nitrogens is 1. The van der Waals surface area contributed by atoms with Crippen molar-refractivity contribution >= 4 is 27.4 Å². The lowest BCUT2D eigenvalue weighted by Gasteiger charge is -2.10. The van der Waals surface area contributed by atoms with Crippen LogP contribution in [0.4, 0.5) is 5.82 Å². The number of imidazole rings is 1. The fourth-order valence-corrected chi connectivity index (χ4v) is 2.10. The van der Waals surface area contributed by atoms with Gasteiger partial charge < -0.3 is 10.3 Å². The van der Waals surface area contributed by atoms with Crippen LogP contribution >= 0.6 is 15.9 Å². The Labute approximate surface area is 117 Å². The van der Waals surface area contributed by atoms with E-state index in [1.807, 2.05) is 18.3 Å². The monoisotopic (exact) mass is 321 g/mol. The van der Waals surface area contributed by atoms with Gasteiger partial charge in [0.2, 0.25) is 4.73 Å². The van der Waals surface area contributed by atoms with Crippen LogP contribution < -0.4 is 5.32 Å². The van der Waals surface area contributed by atoms with E-state index in [0.717, 1.165) is 18.2 Å². The van der Waals surface area contributed by atoms with E-state index in [0.29, 0.717) is 10.4 Å². The van der Waals surface area contributed by atoms with Crippen molar-refractivity contribution < 1.29 is 0 Å². The Morgan fingerprint density at radius 2 is 2.32 bits per heavy atom. The molecule has 8 heteroatoms. The van der Waals surface area contributed by atoms with E-state index >= 15 is 0 Å². The van der Waals surface area contributed by atoms with Gasteiger partial charge in [0.05, 0.1) is 0 Å². The summed E-state index contributed by atoms with van der Waals surface area (Å²) in [5.41, 5.74) is 0.705. The van der Waals surface area contributed by atoms with E-state index in [9.17, 15) is 0 Å². The molecule has 3 rings (SSSR count). The predicted octanol–water partition coefficient (Wildman–Crippen LogP) is 1.83. The average molecular weight is 322 g/mol. The van der Waals surface area contributed by atoms with E-state index in [1.54, 1.807) is 10.7 Å². The topological polar surface area (TPSA) is 83.8 Å². The standard InChI is InChI=1S/C11H12BrN7/c1-7(10-13-4-5-14-10)6-15-8-2-3-9-16-17-11(12)19(9)18-8/h2-5,7H,6H2,1H3,(H,13,14)(H,15,18). The van der Waals surface area contributed by atoms with Gasteiger partial charge in [-0.05, 0) is 28.1 Å². The van der Waals surface area contributed by atoms with Crippen LogP contribution in [0.1, 0.15) is 18.7 Å². The summed E-state index contributed by atoms with van der Waals surface area (Å²) in [6.45, 7) is 2.84. The van der Waals surface area contributed by atoms with Gasteiger partial charge in [-0.3, -0.25) is 0 Å². The molecule has 1 unspecified atom stereocenters. The Hall–Kier alpha value is -1.96. The lowest BCUT2D eigenvalue weighted by Crippen LogP contribution is -2.12. The zero-order valence-corrected chi connectivity index (χ0v) is 11.8. The summed E-state index contributed by atoms with van der Waals surface area (Å²) in [7, 11) is 0. The van der Waals surface area contributed by atoms with Gasteiger partial charge in [-0.25, -0.2) is 4.98 Å². The Morgan fingerprint density at radius 1 is 1.42 bits per heavy atom. The highest BCUT2D eigenvalue weighted by Crippen LogP contribution is 2.13. The van der Waals surface area contributed by atoms with Gasteiger partial charge in [-0.2, -0.15) is 4.52 Å². The highest BCUT2D eigenvalue weighted by molar-refractivity contribution is 9.10. The van der Waals surface area contributed by atoms with Gasteiger partial charge in [-0.15, -0.1) is 15.3 Å². The maximum absolute atomic E-state index is 4.39. The predicted molar refractivity (Wildman–Crippen MR) is 74.0 cm³/mol. The first-order valence-electron chi connectivity index (χ1n) is 5.85. The molecule has 1 atom stereocenters. The van der Waals surface area contributed by atoms with Crippen molar-refractivity contribution in [1.29, 1.82) is 0 Å². The van der Waals surface area contributed by atoms with E-state index in [2.05, 4.69) is 53.4 Å². The van der Waals surface area contributed by atoms with Crippen LogP contribution in [0.2, 0.25) is 0 Å². The molecule has 0 saturated heterocycles. The number of rotatable bonds is 4. The highest BCUT2D eigenvalue weighted by Gasteiger charge is 2.09. The summed E-state index contributed by atoms with van der Waals surface area (Å²) in [6, 6.07) is 3.75. The minimum absolute atomic E-state index is 0.275. The minimum atomic E-state index is 0.275. The zero-order valence-electron chi connectivity index (χ0n) is 10.2.